The van der Waals surface area contributed by atoms with E-state index in [0.29, 0.717) is 5.56 Å². The van der Waals surface area contributed by atoms with Gasteiger partial charge in [0.15, 0.2) is 0 Å². The van der Waals surface area contributed by atoms with Gasteiger partial charge in [0.1, 0.15) is 6.10 Å². The van der Waals surface area contributed by atoms with Crippen LogP contribution in [0.3, 0.4) is 0 Å². The zero-order chi connectivity index (χ0) is 14.9. The summed E-state index contributed by atoms with van der Waals surface area (Å²) in [4.78, 5) is 12.5. The molecule has 110 valence electrons. The normalized spacial score (nSPS) is 15.5. The SMILES string of the molecule is O=C(OC1CCCC1)c1cccc2cc3ccccc3cc12. The number of benzene rings is 3. The zero-order valence-corrected chi connectivity index (χ0v) is 12.4. The molecule has 0 unspecified atom stereocenters. The van der Waals surface area contributed by atoms with E-state index in [1.54, 1.807) is 0 Å². The van der Waals surface area contributed by atoms with Gasteiger partial charge in [-0.3, -0.25) is 0 Å². The van der Waals surface area contributed by atoms with Crippen LogP contribution in [0.1, 0.15) is 36.0 Å². The summed E-state index contributed by atoms with van der Waals surface area (Å²) in [5, 5.41) is 4.40. The van der Waals surface area contributed by atoms with Gasteiger partial charge in [0.25, 0.3) is 0 Å². The molecule has 0 amide bonds. The largest absolute Gasteiger partial charge is 0.459 e. The van der Waals surface area contributed by atoms with Crippen LogP contribution in [-0.2, 0) is 4.74 Å². The first-order chi connectivity index (χ1) is 10.8. The van der Waals surface area contributed by atoms with E-state index in [-0.39, 0.29) is 12.1 Å². The molecule has 4 rings (SSSR count). The van der Waals surface area contributed by atoms with Crippen molar-refractivity contribution in [3.8, 4) is 0 Å². The molecule has 2 heteroatoms. The third-order valence-electron chi connectivity index (χ3n) is 4.54. The number of rotatable bonds is 2. The Bertz CT molecular complexity index is 845. The molecule has 2 nitrogen and oxygen atoms in total. The van der Waals surface area contributed by atoms with Gasteiger partial charge in [0, 0.05) is 0 Å². The fourth-order valence-corrected chi connectivity index (χ4v) is 3.37. The van der Waals surface area contributed by atoms with Gasteiger partial charge in [-0.2, -0.15) is 0 Å². The molecule has 0 spiro atoms. The van der Waals surface area contributed by atoms with Crippen molar-refractivity contribution in [3.05, 3.63) is 60.2 Å². The molecule has 0 N–H and O–H groups in total. The second-order valence-corrected chi connectivity index (χ2v) is 6.04. The van der Waals surface area contributed by atoms with Gasteiger partial charge >= 0.3 is 5.97 Å². The van der Waals surface area contributed by atoms with Crippen LogP contribution in [0.5, 0.6) is 0 Å². The number of hydrogen-bond donors (Lipinski definition) is 0. The smallest absolute Gasteiger partial charge is 0.339 e. The molecule has 1 aliphatic rings. The lowest BCUT2D eigenvalue weighted by atomic mass is 10.00. The number of hydrogen-bond acceptors (Lipinski definition) is 2. The Balaban J connectivity index is 1.79. The van der Waals surface area contributed by atoms with Crippen LogP contribution in [0.15, 0.2) is 54.6 Å². The van der Waals surface area contributed by atoms with Gasteiger partial charge in [0.2, 0.25) is 0 Å². The predicted molar refractivity (Wildman–Crippen MR) is 89.1 cm³/mol. The van der Waals surface area contributed by atoms with E-state index in [2.05, 4.69) is 24.3 Å². The van der Waals surface area contributed by atoms with E-state index in [4.69, 9.17) is 4.74 Å². The molecular weight excluding hydrogens is 272 g/mol. The highest BCUT2D eigenvalue weighted by Crippen LogP contribution is 2.28. The summed E-state index contributed by atoms with van der Waals surface area (Å²) in [6.07, 6.45) is 4.43. The molecular formula is C20H18O2. The summed E-state index contributed by atoms with van der Waals surface area (Å²) in [5.41, 5.74) is 0.676. The molecule has 0 atom stereocenters. The molecule has 1 aliphatic carbocycles. The maximum atomic E-state index is 12.5. The molecule has 22 heavy (non-hydrogen) atoms. The fraction of sp³-hybridized carbons (Fsp3) is 0.250. The van der Waals surface area contributed by atoms with Crippen molar-refractivity contribution in [2.24, 2.45) is 0 Å². The third-order valence-corrected chi connectivity index (χ3v) is 4.54. The third kappa shape index (κ3) is 2.35. The lowest BCUT2D eigenvalue weighted by Crippen LogP contribution is -2.15. The average molecular weight is 290 g/mol. The van der Waals surface area contributed by atoms with Crippen LogP contribution < -0.4 is 0 Å². The summed E-state index contributed by atoms with van der Waals surface area (Å²) >= 11 is 0. The van der Waals surface area contributed by atoms with Crippen LogP contribution >= 0.6 is 0 Å². The monoisotopic (exact) mass is 290 g/mol. The number of ether oxygens (including phenoxy) is 1. The molecule has 0 heterocycles. The van der Waals surface area contributed by atoms with Crippen molar-refractivity contribution in [1.29, 1.82) is 0 Å². The van der Waals surface area contributed by atoms with Crippen LogP contribution in [0.2, 0.25) is 0 Å². The van der Waals surface area contributed by atoms with Crippen molar-refractivity contribution in [1.82, 2.24) is 0 Å². The molecule has 0 radical (unpaired) electrons. The minimum absolute atomic E-state index is 0.100. The van der Waals surface area contributed by atoms with Gasteiger partial charge in [-0.1, -0.05) is 36.4 Å². The first-order valence-electron chi connectivity index (χ1n) is 7.94. The van der Waals surface area contributed by atoms with Crippen molar-refractivity contribution in [3.63, 3.8) is 0 Å². The fourth-order valence-electron chi connectivity index (χ4n) is 3.37. The quantitative estimate of drug-likeness (QED) is 0.485. The standard InChI is InChI=1S/C20H18O2/c21-20(22-17-9-3-4-10-17)18-11-5-8-16-12-14-6-1-2-7-15(14)13-19(16)18/h1-2,5-8,11-13,17H,3-4,9-10H2. The van der Waals surface area contributed by atoms with Crippen LogP contribution in [-0.4, -0.2) is 12.1 Å². The Hall–Kier alpha value is -2.35. The Kier molecular flexibility index (Phi) is 3.30. The van der Waals surface area contributed by atoms with Crippen molar-refractivity contribution in [2.45, 2.75) is 31.8 Å². The van der Waals surface area contributed by atoms with Crippen LogP contribution in [0.25, 0.3) is 21.5 Å². The number of carbonyl (C=O) groups is 1. The zero-order valence-electron chi connectivity index (χ0n) is 12.4. The average Bonchev–Trinajstić information content (AvgIpc) is 3.05. The highest BCUT2D eigenvalue weighted by molar-refractivity contribution is 6.08. The second kappa shape index (κ2) is 5.45. The topological polar surface area (TPSA) is 26.3 Å². The Morgan fingerprint density at radius 2 is 1.55 bits per heavy atom. The molecule has 1 saturated carbocycles. The lowest BCUT2D eigenvalue weighted by Gasteiger charge is -2.13. The van der Waals surface area contributed by atoms with E-state index in [9.17, 15) is 4.79 Å². The summed E-state index contributed by atoms with van der Waals surface area (Å²) in [6, 6.07) is 18.3. The van der Waals surface area contributed by atoms with E-state index in [1.807, 2.05) is 30.3 Å². The van der Waals surface area contributed by atoms with Gasteiger partial charge < -0.3 is 4.74 Å². The van der Waals surface area contributed by atoms with E-state index in [1.165, 1.54) is 5.39 Å². The van der Waals surface area contributed by atoms with Crippen LogP contribution in [0.4, 0.5) is 0 Å². The van der Waals surface area contributed by atoms with Crippen LogP contribution in [0, 0.1) is 0 Å². The molecule has 3 aromatic carbocycles. The first-order valence-corrected chi connectivity index (χ1v) is 7.94. The number of esters is 1. The highest BCUT2D eigenvalue weighted by Gasteiger charge is 2.21. The summed E-state index contributed by atoms with van der Waals surface area (Å²) in [7, 11) is 0. The van der Waals surface area contributed by atoms with Crippen molar-refractivity contribution < 1.29 is 9.53 Å². The summed E-state index contributed by atoms with van der Waals surface area (Å²) < 4.78 is 5.68. The number of carbonyl (C=O) groups excluding carboxylic acids is 1. The molecule has 3 aromatic rings. The Morgan fingerprint density at radius 1 is 0.864 bits per heavy atom. The number of fused-ring (bicyclic) bond motifs is 2. The lowest BCUT2D eigenvalue weighted by molar-refractivity contribution is 0.0320. The Morgan fingerprint density at radius 3 is 2.32 bits per heavy atom. The minimum Gasteiger partial charge on any atom is -0.459 e. The van der Waals surface area contributed by atoms with Crippen molar-refractivity contribution in [2.75, 3.05) is 0 Å². The Labute approximate surface area is 129 Å². The molecule has 1 fully saturated rings. The summed E-state index contributed by atoms with van der Waals surface area (Å²) in [6.45, 7) is 0. The summed E-state index contributed by atoms with van der Waals surface area (Å²) in [5.74, 6) is -0.187. The van der Waals surface area contributed by atoms with E-state index < -0.39 is 0 Å². The van der Waals surface area contributed by atoms with Gasteiger partial charge in [-0.05, 0) is 65.4 Å². The van der Waals surface area contributed by atoms with E-state index >= 15 is 0 Å². The predicted octanol–water partition coefficient (Wildman–Crippen LogP) is 5.09. The first kappa shape index (κ1) is 13.3. The second-order valence-electron chi connectivity index (χ2n) is 6.04. The van der Waals surface area contributed by atoms with Gasteiger partial charge in [-0.15, -0.1) is 0 Å². The molecule has 0 aromatic heterocycles. The molecule has 0 aliphatic heterocycles. The molecule has 0 bridgehead atoms. The van der Waals surface area contributed by atoms with Gasteiger partial charge in [-0.25, -0.2) is 4.79 Å². The van der Waals surface area contributed by atoms with Crippen molar-refractivity contribution >= 4 is 27.5 Å². The minimum atomic E-state index is -0.187. The highest BCUT2D eigenvalue weighted by atomic mass is 16.5. The molecule has 0 saturated heterocycles. The maximum Gasteiger partial charge on any atom is 0.339 e. The van der Waals surface area contributed by atoms with E-state index in [0.717, 1.165) is 41.8 Å². The van der Waals surface area contributed by atoms with Gasteiger partial charge in [0.05, 0.1) is 5.56 Å². The maximum absolute atomic E-state index is 12.5.